The number of hydrogen-bond donors (Lipinski definition) is 2. The first-order valence-corrected chi connectivity index (χ1v) is 9.60. The van der Waals surface area contributed by atoms with E-state index in [9.17, 15) is 19.5 Å². The van der Waals surface area contributed by atoms with E-state index in [1.54, 1.807) is 12.2 Å². The standard InChI is InChI=1S/C21H27NO4.ClH/c1-19-7-5-13(23)9-12(19)3-4-14-15-6-8-21(26,17(25)11-22)20(15,2)10-16(24)18(14)19;/h5,7,9,14-15,18,26H,3-4,6,8,10-11,22H2,1-2H3;1H. The summed E-state index contributed by atoms with van der Waals surface area (Å²) in [7, 11) is 0. The zero-order valence-corrected chi connectivity index (χ0v) is 16.7. The number of halogens is 1. The van der Waals surface area contributed by atoms with Crippen molar-refractivity contribution in [3.05, 3.63) is 23.8 Å². The molecule has 4 aliphatic rings. The maximum Gasteiger partial charge on any atom is 0.178 e. The number of aliphatic hydroxyl groups is 1. The van der Waals surface area contributed by atoms with Gasteiger partial charge >= 0.3 is 0 Å². The molecule has 0 aromatic carbocycles. The Hall–Kier alpha value is -1.30. The van der Waals surface area contributed by atoms with Crippen LogP contribution in [0, 0.1) is 28.6 Å². The normalized spacial score (nSPS) is 45.3. The van der Waals surface area contributed by atoms with Gasteiger partial charge in [-0.05, 0) is 49.7 Å². The minimum atomic E-state index is -1.50. The summed E-state index contributed by atoms with van der Waals surface area (Å²) in [5.41, 5.74) is 3.95. The highest BCUT2D eigenvalue weighted by atomic mass is 35.5. The van der Waals surface area contributed by atoms with Crippen LogP contribution in [0.3, 0.4) is 0 Å². The van der Waals surface area contributed by atoms with Gasteiger partial charge in [0.2, 0.25) is 0 Å². The predicted molar refractivity (Wildman–Crippen MR) is 103 cm³/mol. The van der Waals surface area contributed by atoms with Crippen LogP contribution < -0.4 is 5.73 Å². The Bertz CT molecular complexity index is 774. The number of rotatable bonds is 2. The first kappa shape index (κ1) is 20.4. The zero-order chi connectivity index (χ0) is 18.9. The van der Waals surface area contributed by atoms with Gasteiger partial charge in [-0.1, -0.05) is 25.5 Å². The molecule has 27 heavy (non-hydrogen) atoms. The second kappa shape index (κ2) is 6.36. The van der Waals surface area contributed by atoms with Crippen LogP contribution in [-0.2, 0) is 14.4 Å². The summed E-state index contributed by atoms with van der Waals surface area (Å²) in [5, 5.41) is 11.2. The smallest absolute Gasteiger partial charge is 0.178 e. The molecule has 3 saturated carbocycles. The molecule has 3 N–H and O–H groups in total. The van der Waals surface area contributed by atoms with Crippen molar-refractivity contribution in [2.45, 2.75) is 51.6 Å². The molecule has 0 heterocycles. The van der Waals surface area contributed by atoms with E-state index in [4.69, 9.17) is 5.73 Å². The molecule has 0 bridgehead atoms. The number of carbonyl (C=O) groups excluding carboxylic acids is 3. The van der Waals surface area contributed by atoms with Gasteiger partial charge in [0, 0.05) is 23.2 Å². The molecule has 4 aliphatic carbocycles. The molecule has 5 nitrogen and oxygen atoms in total. The number of carbonyl (C=O) groups is 3. The van der Waals surface area contributed by atoms with E-state index in [0.29, 0.717) is 6.42 Å². The molecule has 0 radical (unpaired) electrons. The first-order chi connectivity index (χ1) is 12.2. The summed E-state index contributed by atoms with van der Waals surface area (Å²) < 4.78 is 0. The summed E-state index contributed by atoms with van der Waals surface area (Å²) in [5.74, 6) is -0.186. The molecular formula is C21H28ClNO4. The van der Waals surface area contributed by atoms with Crippen molar-refractivity contribution in [2.24, 2.45) is 34.3 Å². The topological polar surface area (TPSA) is 97.5 Å². The second-order valence-corrected chi connectivity index (χ2v) is 9.06. The highest BCUT2D eigenvalue weighted by Crippen LogP contribution is 2.65. The van der Waals surface area contributed by atoms with Crippen molar-refractivity contribution >= 4 is 29.8 Å². The summed E-state index contributed by atoms with van der Waals surface area (Å²) in [6.45, 7) is 3.77. The highest BCUT2D eigenvalue weighted by Gasteiger charge is 2.68. The van der Waals surface area contributed by atoms with E-state index < -0.39 is 16.4 Å². The fourth-order valence-electron chi connectivity index (χ4n) is 6.66. The monoisotopic (exact) mass is 393 g/mol. The predicted octanol–water partition coefficient (Wildman–Crippen LogP) is 2.15. The molecule has 0 aliphatic heterocycles. The van der Waals surface area contributed by atoms with E-state index in [1.807, 2.05) is 13.0 Å². The average molecular weight is 394 g/mol. The maximum absolute atomic E-state index is 13.3. The van der Waals surface area contributed by atoms with Crippen LogP contribution in [0.5, 0.6) is 0 Å². The third-order valence-corrected chi connectivity index (χ3v) is 8.06. The third kappa shape index (κ3) is 2.48. The molecule has 3 fully saturated rings. The lowest BCUT2D eigenvalue weighted by molar-refractivity contribution is -0.166. The Kier molecular flexibility index (Phi) is 4.81. The van der Waals surface area contributed by atoms with Crippen LogP contribution in [0.2, 0.25) is 0 Å². The van der Waals surface area contributed by atoms with Crippen molar-refractivity contribution in [3.63, 3.8) is 0 Å². The third-order valence-electron chi connectivity index (χ3n) is 8.06. The van der Waals surface area contributed by atoms with Gasteiger partial charge in [-0.25, -0.2) is 0 Å². The van der Waals surface area contributed by atoms with Gasteiger partial charge in [0.25, 0.3) is 0 Å². The van der Waals surface area contributed by atoms with Crippen LogP contribution in [0.25, 0.3) is 0 Å². The molecule has 0 amide bonds. The minimum Gasteiger partial charge on any atom is -0.381 e. The number of ketones is 3. The number of allylic oxidation sites excluding steroid dienone is 4. The van der Waals surface area contributed by atoms with Crippen molar-refractivity contribution in [1.29, 1.82) is 0 Å². The molecule has 0 aromatic heterocycles. The van der Waals surface area contributed by atoms with Crippen LogP contribution in [0.4, 0.5) is 0 Å². The second-order valence-electron chi connectivity index (χ2n) is 9.06. The average Bonchev–Trinajstić information content (AvgIpc) is 2.86. The van der Waals surface area contributed by atoms with Gasteiger partial charge in [0.15, 0.2) is 11.6 Å². The summed E-state index contributed by atoms with van der Waals surface area (Å²) in [6.07, 6.45) is 8.12. The lowest BCUT2D eigenvalue weighted by atomic mass is 9.46. The maximum atomic E-state index is 13.3. The van der Waals surface area contributed by atoms with Gasteiger partial charge in [-0.2, -0.15) is 0 Å². The van der Waals surface area contributed by atoms with Gasteiger partial charge in [0.05, 0.1) is 6.54 Å². The fourth-order valence-corrected chi connectivity index (χ4v) is 6.66. The first-order valence-electron chi connectivity index (χ1n) is 9.60. The van der Waals surface area contributed by atoms with Crippen molar-refractivity contribution in [1.82, 2.24) is 0 Å². The van der Waals surface area contributed by atoms with E-state index in [0.717, 1.165) is 24.8 Å². The summed E-state index contributed by atoms with van der Waals surface area (Å²) >= 11 is 0. The molecule has 6 heteroatoms. The SMILES string of the molecule is CC12C=CC(=O)C=C1CCC1C2C(=O)CC2(C)C1CCC2(O)C(=O)CN.Cl. The van der Waals surface area contributed by atoms with Crippen LogP contribution in [0.15, 0.2) is 23.8 Å². The Morgan fingerprint density at radius 3 is 2.67 bits per heavy atom. The number of nitrogens with two attached hydrogens (primary N) is 1. The van der Waals surface area contributed by atoms with Gasteiger partial charge in [0.1, 0.15) is 11.4 Å². The number of fused-ring (bicyclic) bond motifs is 5. The largest absolute Gasteiger partial charge is 0.381 e. The summed E-state index contributed by atoms with van der Waals surface area (Å²) in [4.78, 5) is 37.6. The van der Waals surface area contributed by atoms with Crippen molar-refractivity contribution in [2.75, 3.05) is 6.54 Å². The minimum absolute atomic E-state index is 0. The molecule has 0 spiro atoms. The Labute approximate surface area is 165 Å². The molecule has 148 valence electrons. The van der Waals surface area contributed by atoms with E-state index in [2.05, 4.69) is 6.92 Å². The zero-order valence-electron chi connectivity index (χ0n) is 15.9. The van der Waals surface area contributed by atoms with Crippen LogP contribution in [-0.4, -0.2) is 34.6 Å². The Balaban J connectivity index is 0.00000210. The van der Waals surface area contributed by atoms with Crippen molar-refractivity contribution < 1.29 is 19.5 Å². The molecule has 0 aromatic rings. The molecule has 4 rings (SSSR count). The lowest BCUT2D eigenvalue weighted by Crippen LogP contribution is -2.61. The summed E-state index contributed by atoms with van der Waals surface area (Å²) in [6, 6.07) is 0. The van der Waals surface area contributed by atoms with E-state index in [-0.39, 0.29) is 60.5 Å². The Morgan fingerprint density at radius 2 is 2.00 bits per heavy atom. The lowest BCUT2D eigenvalue weighted by Gasteiger charge is -2.56. The van der Waals surface area contributed by atoms with Crippen LogP contribution in [0.1, 0.15) is 46.0 Å². The molecule has 6 unspecified atom stereocenters. The molecular weight excluding hydrogens is 366 g/mol. The van der Waals surface area contributed by atoms with Crippen LogP contribution >= 0.6 is 12.4 Å². The quantitative estimate of drug-likeness (QED) is 0.749. The van der Waals surface area contributed by atoms with Gasteiger partial charge in [-0.3, -0.25) is 14.4 Å². The molecule has 0 saturated heterocycles. The fraction of sp³-hybridized carbons (Fsp3) is 0.667. The van der Waals surface area contributed by atoms with E-state index in [1.165, 1.54) is 0 Å². The number of Topliss-reactive ketones (excluding diaryl/α,β-unsaturated/α-hetero) is 2. The Morgan fingerprint density at radius 1 is 1.30 bits per heavy atom. The molecule has 6 atom stereocenters. The van der Waals surface area contributed by atoms with Crippen molar-refractivity contribution in [3.8, 4) is 0 Å². The van der Waals surface area contributed by atoms with Gasteiger partial charge in [-0.15, -0.1) is 12.4 Å². The van der Waals surface area contributed by atoms with Gasteiger partial charge < -0.3 is 10.8 Å². The highest BCUT2D eigenvalue weighted by molar-refractivity contribution is 6.02. The van der Waals surface area contributed by atoms with E-state index >= 15 is 0 Å². The number of hydrogen-bond acceptors (Lipinski definition) is 5.